The van der Waals surface area contributed by atoms with Gasteiger partial charge in [0.15, 0.2) is 0 Å². The molecular weight excluding hydrogens is 298 g/mol. The highest BCUT2D eigenvalue weighted by Gasteiger charge is 2.41. The topological polar surface area (TPSA) is 37.2 Å². The Hall–Kier alpha value is -1.72. The molecule has 2 aliphatic heterocycles. The molecular formula is C19H27N5. The molecule has 0 bridgehead atoms. The van der Waals surface area contributed by atoms with Crippen molar-refractivity contribution < 1.29 is 0 Å². The van der Waals surface area contributed by atoms with Gasteiger partial charge in [0.2, 0.25) is 0 Å². The first-order valence-corrected chi connectivity index (χ1v) is 9.03. The largest absolute Gasteiger partial charge is 0.298 e. The number of aryl methyl sites for hydroxylation is 1. The quantitative estimate of drug-likeness (QED) is 0.864. The predicted octanol–water partition coefficient (Wildman–Crippen LogP) is 2.30. The van der Waals surface area contributed by atoms with Crippen molar-refractivity contribution in [2.24, 2.45) is 12.5 Å². The van der Waals surface area contributed by atoms with Crippen molar-refractivity contribution in [3.05, 3.63) is 48.0 Å². The van der Waals surface area contributed by atoms with Crippen molar-refractivity contribution in [2.45, 2.75) is 32.4 Å². The van der Waals surface area contributed by atoms with Crippen molar-refractivity contribution in [1.29, 1.82) is 0 Å². The molecule has 24 heavy (non-hydrogen) atoms. The molecule has 1 spiro atoms. The van der Waals surface area contributed by atoms with Crippen molar-refractivity contribution in [3.8, 4) is 0 Å². The molecule has 0 amide bonds. The van der Waals surface area contributed by atoms with Crippen LogP contribution in [0.15, 0.2) is 36.8 Å². The van der Waals surface area contributed by atoms with Gasteiger partial charge in [-0.2, -0.15) is 5.10 Å². The second-order valence-corrected chi connectivity index (χ2v) is 7.62. The Kier molecular flexibility index (Phi) is 4.37. The van der Waals surface area contributed by atoms with Gasteiger partial charge < -0.3 is 0 Å². The number of likely N-dealkylation sites (tertiary alicyclic amines) is 2. The average Bonchev–Trinajstić information content (AvgIpc) is 3.15. The highest BCUT2D eigenvalue weighted by Crippen LogP contribution is 2.39. The van der Waals surface area contributed by atoms with Gasteiger partial charge in [0.25, 0.3) is 0 Å². The fourth-order valence-electron chi connectivity index (χ4n) is 4.47. The summed E-state index contributed by atoms with van der Waals surface area (Å²) in [6.07, 6.45) is 10.0. The van der Waals surface area contributed by atoms with Crippen LogP contribution in [0.25, 0.3) is 0 Å². The number of pyridine rings is 1. The molecule has 2 aromatic rings. The second-order valence-electron chi connectivity index (χ2n) is 7.62. The van der Waals surface area contributed by atoms with E-state index in [4.69, 9.17) is 0 Å². The van der Waals surface area contributed by atoms with Gasteiger partial charge in [-0.3, -0.25) is 19.5 Å². The van der Waals surface area contributed by atoms with E-state index in [9.17, 15) is 0 Å². The van der Waals surface area contributed by atoms with Crippen molar-refractivity contribution in [1.82, 2.24) is 24.6 Å². The minimum atomic E-state index is 0.481. The first kappa shape index (κ1) is 15.8. The lowest BCUT2D eigenvalue weighted by molar-refractivity contribution is 0.0857. The summed E-state index contributed by atoms with van der Waals surface area (Å²) in [6, 6.07) is 6.23. The molecule has 1 atom stereocenters. The molecule has 0 aliphatic carbocycles. The van der Waals surface area contributed by atoms with Gasteiger partial charge in [-0.15, -0.1) is 0 Å². The maximum atomic E-state index is 4.50. The molecule has 4 rings (SSSR count). The molecule has 0 saturated carbocycles. The van der Waals surface area contributed by atoms with Crippen molar-refractivity contribution in [2.75, 3.05) is 26.2 Å². The fraction of sp³-hybridized carbons (Fsp3) is 0.579. The van der Waals surface area contributed by atoms with E-state index in [2.05, 4.69) is 38.2 Å². The Labute approximate surface area is 144 Å². The zero-order chi connectivity index (χ0) is 16.4. The van der Waals surface area contributed by atoms with Crippen LogP contribution in [-0.2, 0) is 20.1 Å². The first-order valence-electron chi connectivity index (χ1n) is 9.03. The molecule has 4 heterocycles. The summed E-state index contributed by atoms with van der Waals surface area (Å²) in [5, 5.41) is 4.30. The summed E-state index contributed by atoms with van der Waals surface area (Å²) in [5.41, 5.74) is 3.00. The average molecular weight is 325 g/mol. The second kappa shape index (κ2) is 6.65. The van der Waals surface area contributed by atoms with E-state index >= 15 is 0 Å². The molecule has 2 aliphatic rings. The Balaban J connectivity index is 1.36. The van der Waals surface area contributed by atoms with Crippen LogP contribution in [-0.4, -0.2) is 50.7 Å². The number of rotatable bonds is 4. The van der Waals surface area contributed by atoms with Gasteiger partial charge >= 0.3 is 0 Å². The summed E-state index contributed by atoms with van der Waals surface area (Å²) >= 11 is 0. The van der Waals surface area contributed by atoms with Crippen LogP contribution >= 0.6 is 0 Å². The van der Waals surface area contributed by atoms with Crippen LogP contribution in [0, 0.1) is 5.41 Å². The first-order chi connectivity index (χ1) is 11.7. The van der Waals surface area contributed by atoms with E-state index in [1.807, 2.05) is 30.2 Å². The van der Waals surface area contributed by atoms with Crippen LogP contribution in [0.1, 0.15) is 30.5 Å². The molecule has 0 unspecified atom stereocenters. The van der Waals surface area contributed by atoms with Crippen LogP contribution in [0.3, 0.4) is 0 Å². The van der Waals surface area contributed by atoms with E-state index in [1.54, 1.807) is 0 Å². The molecule has 128 valence electrons. The standard InChI is InChI=1S/C19H27N5/c1-22-12-17(11-21-22)13-24-10-7-19(16-24)6-4-9-23(15-19)14-18-5-2-3-8-20-18/h2-3,5,8,11-12H,4,6-7,9-10,13-16H2,1H3/t19-/m0/s1. The third-order valence-corrected chi connectivity index (χ3v) is 5.53. The third-order valence-electron chi connectivity index (χ3n) is 5.53. The summed E-state index contributed by atoms with van der Waals surface area (Å²) < 4.78 is 1.90. The van der Waals surface area contributed by atoms with Gasteiger partial charge in [0.1, 0.15) is 0 Å². The molecule has 0 aromatic carbocycles. The number of hydrogen-bond donors (Lipinski definition) is 0. The normalized spacial score (nSPS) is 25.5. The van der Waals surface area contributed by atoms with Crippen molar-refractivity contribution in [3.63, 3.8) is 0 Å². The van der Waals surface area contributed by atoms with Gasteiger partial charge in [0, 0.05) is 51.2 Å². The lowest BCUT2D eigenvalue weighted by Gasteiger charge is -2.40. The number of aromatic nitrogens is 3. The predicted molar refractivity (Wildman–Crippen MR) is 94.3 cm³/mol. The Morgan fingerprint density at radius 1 is 1.08 bits per heavy atom. The highest BCUT2D eigenvalue weighted by molar-refractivity contribution is 5.07. The van der Waals surface area contributed by atoms with E-state index < -0.39 is 0 Å². The summed E-state index contributed by atoms with van der Waals surface area (Å²) in [4.78, 5) is 9.72. The molecule has 2 aromatic heterocycles. The van der Waals surface area contributed by atoms with E-state index in [1.165, 1.54) is 56.7 Å². The lowest BCUT2D eigenvalue weighted by atomic mass is 9.79. The number of nitrogens with zero attached hydrogens (tertiary/aromatic N) is 5. The molecule has 0 radical (unpaired) electrons. The molecule has 5 heteroatoms. The maximum absolute atomic E-state index is 4.50. The smallest absolute Gasteiger partial charge is 0.0543 e. The Bertz CT molecular complexity index is 667. The van der Waals surface area contributed by atoms with Crippen LogP contribution in [0.2, 0.25) is 0 Å². The summed E-state index contributed by atoms with van der Waals surface area (Å²) in [7, 11) is 1.99. The van der Waals surface area contributed by atoms with Crippen LogP contribution < -0.4 is 0 Å². The maximum Gasteiger partial charge on any atom is 0.0543 e. The molecule has 2 saturated heterocycles. The number of piperidine rings is 1. The van der Waals surface area contributed by atoms with E-state index in [0.29, 0.717) is 5.41 Å². The molecule has 5 nitrogen and oxygen atoms in total. The van der Waals surface area contributed by atoms with Gasteiger partial charge in [-0.25, -0.2) is 0 Å². The fourth-order valence-corrected chi connectivity index (χ4v) is 4.47. The zero-order valence-electron chi connectivity index (χ0n) is 14.6. The van der Waals surface area contributed by atoms with Gasteiger partial charge in [-0.1, -0.05) is 6.07 Å². The summed E-state index contributed by atoms with van der Waals surface area (Å²) in [5.74, 6) is 0. The zero-order valence-corrected chi connectivity index (χ0v) is 14.6. The minimum Gasteiger partial charge on any atom is -0.298 e. The lowest BCUT2D eigenvalue weighted by Crippen LogP contribution is -2.44. The minimum absolute atomic E-state index is 0.481. The van der Waals surface area contributed by atoms with Gasteiger partial charge in [-0.05, 0) is 49.9 Å². The van der Waals surface area contributed by atoms with Crippen LogP contribution in [0.4, 0.5) is 0 Å². The van der Waals surface area contributed by atoms with E-state index in [-0.39, 0.29) is 0 Å². The SMILES string of the molecule is Cn1cc(CN2CC[C@]3(CCCN(Cc4ccccn4)C3)C2)cn1. The number of hydrogen-bond acceptors (Lipinski definition) is 4. The monoisotopic (exact) mass is 325 g/mol. The molecule has 2 fully saturated rings. The third kappa shape index (κ3) is 3.52. The molecule has 0 N–H and O–H groups in total. The van der Waals surface area contributed by atoms with Crippen molar-refractivity contribution >= 4 is 0 Å². The summed E-state index contributed by atoms with van der Waals surface area (Å²) in [6.45, 7) is 6.89. The Morgan fingerprint density at radius 2 is 1.96 bits per heavy atom. The van der Waals surface area contributed by atoms with E-state index in [0.717, 1.165) is 13.1 Å². The Morgan fingerprint density at radius 3 is 2.71 bits per heavy atom. The van der Waals surface area contributed by atoms with Crippen LogP contribution in [0.5, 0.6) is 0 Å². The van der Waals surface area contributed by atoms with Gasteiger partial charge in [0.05, 0.1) is 11.9 Å². The highest BCUT2D eigenvalue weighted by atomic mass is 15.3.